The number of allylic oxidation sites excluding steroid dienone is 2. The maximum Gasteiger partial charge on any atom is 0.0534 e. The lowest BCUT2D eigenvalue weighted by molar-refractivity contribution is 0.0481. The van der Waals surface area contributed by atoms with E-state index < -0.39 is 0 Å². The second-order valence-corrected chi connectivity index (χ2v) is 9.05. The Morgan fingerprint density at radius 1 is 1.07 bits per heavy atom. The van der Waals surface area contributed by atoms with E-state index in [1.807, 2.05) is 0 Å². The molecule has 1 rings (SSSR count). The van der Waals surface area contributed by atoms with E-state index in [1.165, 1.54) is 70.8 Å². The van der Waals surface area contributed by atoms with E-state index in [0.29, 0.717) is 11.3 Å². The van der Waals surface area contributed by atoms with Crippen molar-refractivity contribution in [1.82, 2.24) is 4.90 Å². The number of nitrogens with zero attached hydrogens (tertiary/aromatic N) is 1. The van der Waals surface area contributed by atoms with Crippen LogP contribution in [0.5, 0.6) is 0 Å². The van der Waals surface area contributed by atoms with Gasteiger partial charge in [0, 0.05) is 32.3 Å². The lowest BCUT2D eigenvalue weighted by Gasteiger charge is -2.23. The molecule has 3 nitrogen and oxygen atoms in total. The third kappa shape index (κ3) is 11.9. The summed E-state index contributed by atoms with van der Waals surface area (Å²) >= 11 is 0. The third-order valence-electron chi connectivity index (χ3n) is 5.78. The SMILES string of the molecule is CCCC=C(CCCC)CCC(CCCOC)COCC1(CN(C)C)CC1. The standard InChI is InChI=1S/C24H47NO2/c1-6-8-11-22(12-9-7-2)14-15-23(13-10-18-26-5)19-27-21-24(16-17-24)20-25(3)4/h11,23H,6-10,12-21H2,1-5H3. The van der Waals surface area contributed by atoms with Crippen LogP contribution >= 0.6 is 0 Å². The van der Waals surface area contributed by atoms with Crippen molar-refractivity contribution in [3.05, 3.63) is 11.6 Å². The molecule has 0 saturated heterocycles. The van der Waals surface area contributed by atoms with Crippen LogP contribution in [-0.2, 0) is 9.47 Å². The molecule has 1 aliphatic carbocycles. The molecule has 0 aromatic rings. The van der Waals surface area contributed by atoms with E-state index in [0.717, 1.165) is 26.2 Å². The first-order valence-corrected chi connectivity index (χ1v) is 11.4. The van der Waals surface area contributed by atoms with Crippen LogP contribution in [0.4, 0.5) is 0 Å². The van der Waals surface area contributed by atoms with E-state index in [4.69, 9.17) is 9.47 Å². The predicted octanol–water partition coefficient (Wildman–Crippen LogP) is 6.08. The zero-order valence-corrected chi connectivity index (χ0v) is 19.0. The molecule has 1 fully saturated rings. The maximum absolute atomic E-state index is 6.26. The minimum atomic E-state index is 0.452. The van der Waals surface area contributed by atoms with Crippen molar-refractivity contribution in [3.8, 4) is 0 Å². The molecule has 0 radical (unpaired) electrons. The van der Waals surface area contributed by atoms with Crippen molar-refractivity contribution in [2.45, 2.75) is 84.5 Å². The Bertz CT molecular complexity index is 388. The average Bonchev–Trinajstić information content (AvgIpc) is 3.39. The van der Waals surface area contributed by atoms with Crippen molar-refractivity contribution in [1.29, 1.82) is 0 Å². The van der Waals surface area contributed by atoms with Gasteiger partial charge in [0.05, 0.1) is 6.61 Å². The summed E-state index contributed by atoms with van der Waals surface area (Å²) in [7, 11) is 6.15. The van der Waals surface area contributed by atoms with Crippen LogP contribution in [-0.4, -0.2) is 52.5 Å². The van der Waals surface area contributed by atoms with Crippen LogP contribution in [0.3, 0.4) is 0 Å². The van der Waals surface area contributed by atoms with Gasteiger partial charge in [0.25, 0.3) is 0 Å². The molecule has 1 aliphatic rings. The van der Waals surface area contributed by atoms with Crippen LogP contribution in [0.25, 0.3) is 0 Å². The smallest absolute Gasteiger partial charge is 0.0534 e. The predicted molar refractivity (Wildman–Crippen MR) is 117 cm³/mol. The van der Waals surface area contributed by atoms with E-state index in [-0.39, 0.29) is 0 Å². The molecule has 1 atom stereocenters. The van der Waals surface area contributed by atoms with Gasteiger partial charge in [0.2, 0.25) is 0 Å². The van der Waals surface area contributed by atoms with Gasteiger partial charge in [-0.3, -0.25) is 0 Å². The van der Waals surface area contributed by atoms with Gasteiger partial charge in [-0.2, -0.15) is 0 Å². The molecule has 1 unspecified atom stereocenters. The van der Waals surface area contributed by atoms with E-state index >= 15 is 0 Å². The van der Waals surface area contributed by atoms with E-state index in [2.05, 4.69) is 38.9 Å². The first kappa shape index (κ1) is 24.7. The summed E-state index contributed by atoms with van der Waals surface area (Å²) < 4.78 is 11.5. The Morgan fingerprint density at radius 2 is 1.85 bits per heavy atom. The van der Waals surface area contributed by atoms with Crippen LogP contribution in [0, 0.1) is 11.3 Å². The molecule has 0 aliphatic heterocycles. The molecule has 160 valence electrons. The third-order valence-corrected chi connectivity index (χ3v) is 5.78. The molecular formula is C24H47NO2. The Kier molecular flexibility index (Phi) is 13.3. The van der Waals surface area contributed by atoms with E-state index in [1.54, 1.807) is 12.7 Å². The van der Waals surface area contributed by atoms with Crippen molar-refractivity contribution < 1.29 is 9.47 Å². The number of ether oxygens (including phenoxy) is 2. The second kappa shape index (κ2) is 14.6. The summed E-state index contributed by atoms with van der Waals surface area (Å²) in [6, 6.07) is 0. The molecule has 3 heteroatoms. The number of hydrogen-bond donors (Lipinski definition) is 0. The molecule has 1 saturated carbocycles. The minimum Gasteiger partial charge on any atom is -0.385 e. The molecule has 0 spiro atoms. The fraction of sp³-hybridized carbons (Fsp3) is 0.917. The van der Waals surface area contributed by atoms with Gasteiger partial charge in [0.15, 0.2) is 0 Å². The van der Waals surface area contributed by atoms with Gasteiger partial charge in [-0.15, -0.1) is 0 Å². The minimum absolute atomic E-state index is 0.452. The van der Waals surface area contributed by atoms with Gasteiger partial charge < -0.3 is 14.4 Å². The van der Waals surface area contributed by atoms with Crippen molar-refractivity contribution in [2.24, 2.45) is 11.3 Å². The molecule has 0 bridgehead atoms. The van der Waals surface area contributed by atoms with E-state index in [9.17, 15) is 0 Å². The molecule has 0 heterocycles. The summed E-state index contributed by atoms with van der Waals surface area (Å²) in [5.74, 6) is 0.668. The molecular weight excluding hydrogens is 334 g/mol. The fourth-order valence-corrected chi connectivity index (χ4v) is 3.94. The van der Waals surface area contributed by atoms with Crippen LogP contribution in [0.15, 0.2) is 11.6 Å². The number of methoxy groups -OCH3 is 1. The summed E-state index contributed by atoms with van der Waals surface area (Å²) in [6.07, 6.45) is 16.5. The first-order chi connectivity index (χ1) is 13.0. The van der Waals surface area contributed by atoms with Crippen molar-refractivity contribution in [2.75, 3.05) is 47.6 Å². The molecule has 0 amide bonds. The van der Waals surface area contributed by atoms with Crippen LogP contribution in [0.1, 0.15) is 84.5 Å². The Labute approximate surface area is 169 Å². The summed E-state index contributed by atoms with van der Waals surface area (Å²) in [4.78, 5) is 2.31. The Morgan fingerprint density at radius 3 is 2.44 bits per heavy atom. The monoisotopic (exact) mass is 381 g/mol. The Hall–Kier alpha value is -0.380. The highest BCUT2D eigenvalue weighted by atomic mass is 16.5. The number of hydrogen-bond acceptors (Lipinski definition) is 3. The van der Waals surface area contributed by atoms with Crippen molar-refractivity contribution >= 4 is 0 Å². The van der Waals surface area contributed by atoms with Gasteiger partial charge in [-0.05, 0) is 77.8 Å². The van der Waals surface area contributed by atoms with Crippen LogP contribution in [0.2, 0.25) is 0 Å². The quantitative estimate of drug-likeness (QED) is 0.212. The normalized spacial score (nSPS) is 17.5. The lowest BCUT2D eigenvalue weighted by atomic mass is 9.93. The number of rotatable bonds is 18. The molecule has 27 heavy (non-hydrogen) atoms. The first-order valence-electron chi connectivity index (χ1n) is 11.4. The fourth-order valence-electron chi connectivity index (χ4n) is 3.94. The average molecular weight is 382 g/mol. The molecule has 0 N–H and O–H groups in total. The highest BCUT2D eigenvalue weighted by Crippen LogP contribution is 2.46. The highest BCUT2D eigenvalue weighted by Gasteiger charge is 2.43. The largest absolute Gasteiger partial charge is 0.385 e. The zero-order chi connectivity index (χ0) is 20.0. The van der Waals surface area contributed by atoms with Gasteiger partial charge >= 0.3 is 0 Å². The highest BCUT2D eigenvalue weighted by molar-refractivity contribution is 5.02. The zero-order valence-electron chi connectivity index (χ0n) is 19.0. The molecule has 0 aromatic carbocycles. The van der Waals surface area contributed by atoms with Crippen LogP contribution < -0.4 is 0 Å². The van der Waals surface area contributed by atoms with Gasteiger partial charge in [-0.25, -0.2) is 0 Å². The van der Waals surface area contributed by atoms with Gasteiger partial charge in [0.1, 0.15) is 0 Å². The lowest BCUT2D eigenvalue weighted by Crippen LogP contribution is -2.27. The van der Waals surface area contributed by atoms with Crippen molar-refractivity contribution in [3.63, 3.8) is 0 Å². The topological polar surface area (TPSA) is 21.7 Å². The Balaban J connectivity index is 2.44. The van der Waals surface area contributed by atoms with Gasteiger partial charge in [-0.1, -0.05) is 38.3 Å². The summed E-state index contributed by atoms with van der Waals surface area (Å²) in [5.41, 5.74) is 2.13. The number of unbranched alkanes of at least 4 members (excludes halogenated alkanes) is 2. The summed E-state index contributed by atoms with van der Waals surface area (Å²) in [5, 5.41) is 0. The molecule has 0 aromatic heterocycles. The second-order valence-electron chi connectivity index (χ2n) is 9.05. The summed E-state index contributed by atoms with van der Waals surface area (Å²) in [6.45, 7) is 8.48. The maximum atomic E-state index is 6.26.